The first-order valence-corrected chi connectivity index (χ1v) is 13.3. The number of benzene rings is 1. The third kappa shape index (κ3) is 3.63. The molecule has 41 heavy (non-hydrogen) atoms. The van der Waals surface area contributed by atoms with E-state index >= 15 is 0 Å². The molecule has 0 radical (unpaired) electrons. The van der Waals surface area contributed by atoms with Crippen molar-refractivity contribution in [2.75, 3.05) is 33.1 Å². The van der Waals surface area contributed by atoms with Gasteiger partial charge in [0.2, 0.25) is 11.8 Å². The van der Waals surface area contributed by atoms with Gasteiger partial charge in [-0.1, -0.05) is 0 Å². The largest absolute Gasteiger partial charge is 0.435 e. The van der Waals surface area contributed by atoms with E-state index in [1.165, 1.54) is 4.90 Å². The van der Waals surface area contributed by atoms with Crippen molar-refractivity contribution in [3.63, 3.8) is 0 Å². The lowest BCUT2D eigenvalue weighted by Gasteiger charge is -2.52. The van der Waals surface area contributed by atoms with Crippen LogP contribution >= 0.6 is 0 Å². The minimum absolute atomic E-state index is 0.0339. The molecular formula is C29H29N5O7. The third-order valence-corrected chi connectivity index (χ3v) is 8.81. The summed E-state index contributed by atoms with van der Waals surface area (Å²) in [6, 6.07) is 4.19. The molecule has 2 fully saturated rings. The fourth-order valence-corrected chi connectivity index (χ4v) is 7.05. The molecular weight excluding hydrogens is 530 g/mol. The van der Waals surface area contributed by atoms with E-state index in [4.69, 9.17) is 10.2 Å². The van der Waals surface area contributed by atoms with Crippen molar-refractivity contribution < 1.29 is 33.5 Å². The first-order valence-electron chi connectivity index (χ1n) is 13.3. The lowest BCUT2D eigenvalue weighted by Crippen LogP contribution is -2.74. The van der Waals surface area contributed by atoms with E-state index in [-0.39, 0.29) is 29.9 Å². The maximum Gasteiger partial charge on any atom is 0.235 e. The van der Waals surface area contributed by atoms with E-state index in [0.29, 0.717) is 22.3 Å². The summed E-state index contributed by atoms with van der Waals surface area (Å²) in [4.78, 5) is 79.4. The predicted octanol–water partition coefficient (Wildman–Crippen LogP) is 0.431. The number of amides is 1. The van der Waals surface area contributed by atoms with E-state index in [1.54, 1.807) is 38.6 Å². The zero-order valence-electron chi connectivity index (χ0n) is 23.0. The molecule has 1 aromatic carbocycles. The van der Waals surface area contributed by atoms with Crippen molar-refractivity contribution in [1.29, 1.82) is 0 Å². The Kier molecular flexibility index (Phi) is 5.98. The van der Waals surface area contributed by atoms with Crippen LogP contribution in [0.25, 0.3) is 22.6 Å². The normalized spacial score (nSPS) is 29.4. The SMILES string of the molecule is CN(C)c1cc2nc(-c3cccnc3)oc2c2c1C[C@H]1C[C@H]3[C@H](N(C)C)C(=O)C(C(N)=O)C(=O)[C@@]3(O)C(=O)C1C2=O. The van der Waals surface area contributed by atoms with Gasteiger partial charge in [0, 0.05) is 38.1 Å². The molecule has 1 amide bonds. The summed E-state index contributed by atoms with van der Waals surface area (Å²) in [5.74, 6) is -9.74. The van der Waals surface area contributed by atoms with Crippen molar-refractivity contribution in [3.05, 3.63) is 41.7 Å². The van der Waals surface area contributed by atoms with Gasteiger partial charge >= 0.3 is 0 Å². The molecule has 12 heteroatoms. The number of carbonyl (C=O) groups is 5. The molecule has 12 nitrogen and oxygen atoms in total. The molecule has 0 spiro atoms. The van der Waals surface area contributed by atoms with Crippen LogP contribution < -0.4 is 10.6 Å². The molecule has 0 bridgehead atoms. The monoisotopic (exact) mass is 559 g/mol. The Bertz CT molecular complexity index is 1660. The molecule has 2 heterocycles. The molecule has 2 saturated carbocycles. The molecule has 2 aromatic heterocycles. The minimum atomic E-state index is -2.72. The standard InChI is InChI=1S/C29H29N5O7/c1-33(2)17-10-16-24(41-28(32-16)12-6-5-7-31-11-12)19-14(17)8-13-9-15-21(34(3)4)23(36)20(27(30)39)26(38)29(15,40)25(37)18(13)22(19)35/h5-7,10-11,13,15,18,20-21,40H,8-9H2,1-4H3,(H2,30,39)/t13-,15-,18?,20?,21-,29-/m0/s1. The number of Topliss-reactive ketones (excluding diaryl/α,β-unsaturated/α-hetero) is 4. The molecule has 6 atom stereocenters. The molecule has 3 aliphatic rings. The van der Waals surface area contributed by atoms with Gasteiger partial charge in [-0.15, -0.1) is 0 Å². The lowest BCUT2D eigenvalue weighted by molar-refractivity contribution is -0.181. The van der Waals surface area contributed by atoms with Crippen LogP contribution in [0.4, 0.5) is 5.69 Å². The Morgan fingerprint density at radius 3 is 2.49 bits per heavy atom. The predicted molar refractivity (Wildman–Crippen MR) is 145 cm³/mol. The van der Waals surface area contributed by atoms with Crippen molar-refractivity contribution in [3.8, 4) is 11.5 Å². The molecule has 6 rings (SSSR count). The van der Waals surface area contributed by atoms with Crippen LogP contribution in [0.15, 0.2) is 35.0 Å². The number of hydrogen-bond donors (Lipinski definition) is 2. The van der Waals surface area contributed by atoms with Crippen LogP contribution in [-0.2, 0) is 25.6 Å². The van der Waals surface area contributed by atoms with E-state index < -0.39 is 64.4 Å². The molecule has 212 valence electrons. The van der Waals surface area contributed by atoms with Gasteiger partial charge in [0.05, 0.1) is 23.1 Å². The van der Waals surface area contributed by atoms with Gasteiger partial charge in [-0.3, -0.25) is 33.9 Å². The highest BCUT2D eigenvalue weighted by atomic mass is 16.3. The highest BCUT2D eigenvalue weighted by Crippen LogP contribution is 2.51. The number of nitrogens with two attached hydrogens (primary N) is 1. The van der Waals surface area contributed by atoms with E-state index in [1.807, 2.05) is 25.1 Å². The van der Waals surface area contributed by atoms with Gasteiger partial charge in [-0.25, -0.2) is 4.98 Å². The van der Waals surface area contributed by atoms with Gasteiger partial charge < -0.3 is 20.2 Å². The number of rotatable bonds is 4. The van der Waals surface area contributed by atoms with E-state index in [9.17, 15) is 29.1 Å². The number of pyridine rings is 1. The van der Waals surface area contributed by atoms with Crippen molar-refractivity contribution >= 4 is 45.8 Å². The first-order chi connectivity index (χ1) is 19.4. The quantitative estimate of drug-likeness (QED) is 0.424. The van der Waals surface area contributed by atoms with Crippen LogP contribution in [0.3, 0.4) is 0 Å². The summed E-state index contributed by atoms with van der Waals surface area (Å²) >= 11 is 0. The average Bonchev–Trinajstić information content (AvgIpc) is 3.34. The molecule has 0 saturated heterocycles. The number of primary amides is 1. The van der Waals surface area contributed by atoms with Crippen LogP contribution in [0, 0.1) is 23.7 Å². The van der Waals surface area contributed by atoms with Crippen LogP contribution in [0.2, 0.25) is 0 Å². The van der Waals surface area contributed by atoms with Crippen molar-refractivity contribution in [1.82, 2.24) is 14.9 Å². The number of ketones is 4. The topological polar surface area (TPSA) is 177 Å². The summed E-state index contributed by atoms with van der Waals surface area (Å²) < 4.78 is 6.09. The number of oxazole rings is 1. The summed E-state index contributed by atoms with van der Waals surface area (Å²) in [5, 5.41) is 11.8. The van der Waals surface area contributed by atoms with Gasteiger partial charge in [0.25, 0.3) is 0 Å². The third-order valence-electron chi connectivity index (χ3n) is 8.81. The smallest absolute Gasteiger partial charge is 0.235 e. The number of hydrogen-bond acceptors (Lipinski definition) is 11. The molecule has 2 unspecified atom stereocenters. The number of aliphatic hydroxyl groups is 1. The molecule has 3 N–H and O–H groups in total. The minimum Gasteiger partial charge on any atom is -0.435 e. The Morgan fingerprint density at radius 2 is 1.88 bits per heavy atom. The van der Waals surface area contributed by atoms with Crippen LogP contribution in [0.1, 0.15) is 22.3 Å². The number of likely N-dealkylation sites (N-methyl/N-ethyl adjacent to an activating group) is 1. The van der Waals surface area contributed by atoms with E-state index in [2.05, 4.69) is 9.97 Å². The number of aromatic nitrogens is 2. The molecule has 0 aliphatic heterocycles. The number of fused-ring (bicyclic) bond motifs is 5. The maximum absolute atomic E-state index is 14.3. The van der Waals surface area contributed by atoms with Gasteiger partial charge in [0.1, 0.15) is 5.52 Å². The highest BCUT2D eigenvalue weighted by Gasteiger charge is 2.69. The number of nitrogens with zero attached hydrogens (tertiary/aromatic N) is 4. The van der Waals surface area contributed by atoms with Gasteiger partial charge in [-0.2, -0.15) is 0 Å². The van der Waals surface area contributed by atoms with Crippen LogP contribution in [-0.4, -0.2) is 88.8 Å². The van der Waals surface area contributed by atoms with Gasteiger partial charge in [-0.05, 0) is 56.6 Å². The summed E-state index contributed by atoms with van der Waals surface area (Å²) in [7, 11) is 6.80. The summed E-state index contributed by atoms with van der Waals surface area (Å²) in [5.41, 5.74) is 5.41. The Labute approximate surface area is 234 Å². The Morgan fingerprint density at radius 1 is 1.15 bits per heavy atom. The maximum atomic E-state index is 14.3. The average molecular weight is 560 g/mol. The van der Waals surface area contributed by atoms with E-state index in [0.717, 1.165) is 0 Å². The van der Waals surface area contributed by atoms with Crippen LogP contribution in [0.5, 0.6) is 0 Å². The fraction of sp³-hybridized carbons (Fsp3) is 0.414. The zero-order chi connectivity index (χ0) is 29.5. The lowest BCUT2D eigenvalue weighted by atomic mass is 9.52. The second-order valence-corrected chi connectivity index (χ2v) is 11.5. The zero-order valence-corrected chi connectivity index (χ0v) is 23.0. The fourth-order valence-electron chi connectivity index (χ4n) is 7.05. The molecule has 3 aromatic rings. The van der Waals surface area contributed by atoms with Crippen molar-refractivity contribution in [2.45, 2.75) is 24.5 Å². The van der Waals surface area contributed by atoms with Crippen molar-refractivity contribution in [2.24, 2.45) is 29.4 Å². The second kappa shape index (κ2) is 9.11. The first kappa shape index (κ1) is 26.9. The summed E-state index contributed by atoms with van der Waals surface area (Å²) in [6.07, 6.45) is 3.48. The summed E-state index contributed by atoms with van der Waals surface area (Å²) in [6.45, 7) is 0. The Hall–Kier alpha value is -4.29. The number of carbonyl (C=O) groups excluding carboxylic acids is 5. The second-order valence-electron chi connectivity index (χ2n) is 11.5. The number of anilines is 1. The van der Waals surface area contributed by atoms with Gasteiger partial charge in [0.15, 0.2) is 40.2 Å². The highest BCUT2D eigenvalue weighted by molar-refractivity contribution is 6.32. The Balaban J connectivity index is 1.53. The molecule has 3 aliphatic carbocycles.